The highest BCUT2D eigenvalue weighted by Gasteiger charge is 2.20. The summed E-state index contributed by atoms with van der Waals surface area (Å²) in [5.74, 6) is 0. The van der Waals surface area contributed by atoms with Crippen LogP contribution in [-0.2, 0) is 9.47 Å². The maximum atomic E-state index is 5.45. The molecule has 0 bridgehead atoms. The summed E-state index contributed by atoms with van der Waals surface area (Å²) in [7, 11) is 0. The molecular formula is C12H23NO2. The molecule has 0 aromatic rings. The molecule has 0 radical (unpaired) electrons. The van der Waals surface area contributed by atoms with Crippen LogP contribution in [0.1, 0.15) is 33.1 Å². The van der Waals surface area contributed by atoms with Gasteiger partial charge < -0.3 is 14.8 Å². The zero-order chi connectivity index (χ0) is 11.1. The number of hydrogen-bond donors (Lipinski definition) is 1. The van der Waals surface area contributed by atoms with Gasteiger partial charge in [-0.05, 0) is 26.3 Å². The van der Waals surface area contributed by atoms with Gasteiger partial charge in [0.05, 0.1) is 13.2 Å². The minimum Gasteiger partial charge on any atom is -0.350 e. The lowest BCUT2D eigenvalue weighted by Gasteiger charge is -2.21. The van der Waals surface area contributed by atoms with Crippen LogP contribution in [-0.4, -0.2) is 32.1 Å². The molecule has 0 aliphatic carbocycles. The third-order valence-corrected chi connectivity index (χ3v) is 2.45. The molecule has 3 nitrogen and oxygen atoms in total. The van der Waals surface area contributed by atoms with Crippen molar-refractivity contribution in [2.24, 2.45) is 0 Å². The quantitative estimate of drug-likeness (QED) is 0.657. The van der Waals surface area contributed by atoms with Gasteiger partial charge in [-0.2, -0.15) is 0 Å². The molecule has 1 heterocycles. The summed E-state index contributed by atoms with van der Waals surface area (Å²) < 4.78 is 10.9. The van der Waals surface area contributed by atoms with Crippen LogP contribution < -0.4 is 5.32 Å². The zero-order valence-electron chi connectivity index (χ0n) is 9.92. The van der Waals surface area contributed by atoms with Crippen molar-refractivity contribution in [3.05, 3.63) is 12.2 Å². The van der Waals surface area contributed by atoms with Crippen LogP contribution in [0.25, 0.3) is 0 Å². The fraction of sp³-hybridized carbons (Fsp3) is 0.833. The van der Waals surface area contributed by atoms with Crippen molar-refractivity contribution in [2.75, 3.05) is 19.8 Å². The topological polar surface area (TPSA) is 30.5 Å². The van der Waals surface area contributed by atoms with Crippen molar-refractivity contribution < 1.29 is 9.47 Å². The molecule has 1 aliphatic rings. The standard InChI is InChI=1S/C12H23NO2/c1-4-5-13-11(8-10(2)3)9-12-14-6-7-15-12/h11-13H,2,4-9H2,1,3H3. The Morgan fingerprint density at radius 2 is 2.13 bits per heavy atom. The van der Waals surface area contributed by atoms with Crippen molar-refractivity contribution in [1.82, 2.24) is 5.32 Å². The van der Waals surface area contributed by atoms with Gasteiger partial charge in [0.2, 0.25) is 0 Å². The maximum absolute atomic E-state index is 5.45. The minimum absolute atomic E-state index is 0.0151. The smallest absolute Gasteiger partial charge is 0.159 e. The van der Waals surface area contributed by atoms with E-state index in [1.165, 1.54) is 5.57 Å². The van der Waals surface area contributed by atoms with Crippen molar-refractivity contribution in [3.8, 4) is 0 Å². The second kappa shape index (κ2) is 6.99. The van der Waals surface area contributed by atoms with E-state index in [9.17, 15) is 0 Å². The molecular weight excluding hydrogens is 190 g/mol. The van der Waals surface area contributed by atoms with E-state index in [1.807, 2.05) is 0 Å². The van der Waals surface area contributed by atoms with E-state index < -0.39 is 0 Å². The highest BCUT2D eigenvalue weighted by molar-refractivity contribution is 4.93. The fourth-order valence-corrected chi connectivity index (χ4v) is 1.78. The van der Waals surface area contributed by atoms with Crippen LogP contribution >= 0.6 is 0 Å². The summed E-state index contributed by atoms with van der Waals surface area (Å²) in [5.41, 5.74) is 1.21. The van der Waals surface area contributed by atoms with Gasteiger partial charge in [-0.15, -0.1) is 6.58 Å². The third kappa shape index (κ3) is 5.30. The van der Waals surface area contributed by atoms with Crippen molar-refractivity contribution in [2.45, 2.75) is 45.4 Å². The van der Waals surface area contributed by atoms with Crippen LogP contribution in [0.3, 0.4) is 0 Å². The van der Waals surface area contributed by atoms with E-state index in [2.05, 4.69) is 25.7 Å². The van der Waals surface area contributed by atoms with Crippen molar-refractivity contribution in [1.29, 1.82) is 0 Å². The van der Waals surface area contributed by atoms with Gasteiger partial charge in [0.15, 0.2) is 6.29 Å². The molecule has 1 aliphatic heterocycles. The Morgan fingerprint density at radius 1 is 1.47 bits per heavy atom. The molecule has 0 saturated carbocycles. The molecule has 1 saturated heterocycles. The minimum atomic E-state index is -0.0151. The summed E-state index contributed by atoms with van der Waals surface area (Å²) in [5, 5.41) is 3.51. The van der Waals surface area contributed by atoms with Gasteiger partial charge in [0.1, 0.15) is 0 Å². The van der Waals surface area contributed by atoms with Crippen LogP contribution in [0.5, 0.6) is 0 Å². The average Bonchev–Trinajstić information content (AvgIpc) is 2.66. The van der Waals surface area contributed by atoms with E-state index in [4.69, 9.17) is 9.47 Å². The summed E-state index contributed by atoms with van der Waals surface area (Å²) in [6, 6.07) is 0.436. The van der Waals surface area contributed by atoms with Crippen molar-refractivity contribution >= 4 is 0 Å². The Morgan fingerprint density at radius 3 is 2.67 bits per heavy atom. The molecule has 1 rings (SSSR count). The second-order valence-corrected chi connectivity index (χ2v) is 4.22. The molecule has 15 heavy (non-hydrogen) atoms. The van der Waals surface area contributed by atoms with Gasteiger partial charge in [-0.3, -0.25) is 0 Å². The summed E-state index contributed by atoms with van der Waals surface area (Å²) in [6.45, 7) is 10.7. The Hall–Kier alpha value is -0.380. The fourth-order valence-electron chi connectivity index (χ4n) is 1.78. The molecule has 0 amide bonds. The average molecular weight is 213 g/mol. The summed E-state index contributed by atoms with van der Waals surface area (Å²) in [6.07, 6.45) is 3.06. The first-order chi connectivity index (χ1) is 7.22. The second-order valence-electron chi connectivity index (χ2n) is 4.22. The molecule has 1 atom stereocenters. The van der Waals surface area contributed by atoms with E-state index in [1.54, 1.807) is 0 Å². The SMILES string of the molecule is C=C(C)CC(CC1OCCO1)NCCC. The van der Waals surface area contributed by atoms with E-state index >= 15 is 0 Å². The number of ether oxygens (including phenoxy) is 2. The third-order valence-electron chi connectivity index (χ3n) is 2.45. The molecule has 3 heteroatoms. The van der Waals surface area contributed by atoms with Gasteiger partial charge >= 0.3 is 0 Å². The highest BCUT2D eigenvalue weighted by atomic mass is 16.7. The first-order valence-corrected chi connectivity index (χ1v) is 5.83. The predicted molar refractivity (Wildman–Crippen MR) is 61.8 cm³/mol. The molecule has 88 valence electrons. The van der Waals surface area contributed by atoms with Crippen LogP contribution in [0.2, 0.25) is 0 Å². The molecule has 0 aromatic carbocycles. The lowest BCUT2D eigenvalue weighted by Crippen LogP contribution is -2.33. The van der Waals surface area contributed by atoms with Gasteiger partial charge in [-0.25, -0.2) is 0 Å². The molecule has 1 fully saturated rings. The summed E-state index contributed by atoms with van der Waals surface area (Å²) in [4.78, 5) is 0. The van der Waals surface area contributed by atoms with E-state index in [-0.39, 0.29) is 6.29 Å². The van der Waals surface area contributed by atoms with Crippen LogP contribution in [0.4, 0.5) is 0 Å². The highest BCUT2D eigenvalue weighted by Crippen LogP contribution is 2.14. The van der Waals surface area contributed by atoms with E-state index in [0.717, 1.165) is 39.0 Å². The first-order valence-electron chi connectivity index (χ1n) is 5.83. The number of nitrogens with one attached hydrogen (secondary N) is 1. The Kier molecular flexibility index (Phi) is 5.91. The normalized spacial score (nSPS) is 19.3. The molecule has 1 unspecified atom stereocenters. The number of rotatable bonds is 7. The Bertz CT molecular complexity index is 188. The van der Waals surface area contributed by atoms with Crippen LogP contribution in [0.15, 0.2) is 12.2 Å². The van der Waals surface area contributed by atoms with Gasteiger partial charge in [0, 0.05) is 12.5 Å². The lowest BCUT2D eigenvalue weighted by molar-refractivity contribution is -0.0526. The summed E-state index contributed by atoms with van der Waals surface area (Å²) >= 11 is 0. The zero-order valence-corrected chi connectivity index (χ0v) is 9.92. The lowest BCUT2D eigenvalue weighted by atomic mass is 10.1. The Balaban J connectivity index is 2.29. The van der Waals surface area contributed by atoms with Gasteiger partial charge in [-0.1, -0.05) is 12.5 Å². The maximum Gasteiger partial charge on any atom is 0.159 e. The predicted octanol–water partition coefficient (Wildman–Crippen LogP) is 2.08. The monoisotopic (exact) mass is 213 g/mol. The van der Waals surface area contributed by atoms with Gasteiger partial charge in [0.25, 0.3) is 0 Å². The Labute approximate surface area is 92.8 Å². The first kappa shape index (κ1) is 12.7. The molecule has 0 aromatic heterocycles. The van der Waals surface area contributed by atoms with Crippen molar-refractivity contribution in [3.63, 3.8) is 0 Å². The molecule has 1 N–H and O–H groups in total. The molecule has 0 spiro atoms. The number of hydrogen-bond acceptors (Lipinski definition) is 3. The van der Waals surface area contributed by atoms with Crippen LogP contribution in [0, 0.1) is 0 Å². The van der Waals surface area contributed by atoms with E-state index in [0.29, 0.717) is 6.04 Å². The largest absolute Gasteiger partial charge is 0.350 e.